The summed E-state index contributed by atoms with van der Waals surface area (Å²) in [6.45, 7) is 0.200. The third-order valence-electron chi connectivity index (χ3n) is 3.93. The van der Waals surface area contributed by atoms with Gasteiger partial charge in [-0.15, -0.1) is 0 Å². The summed E-state index contributed by atoms with van der Waals surface area (Å²) in [6.07, 6.45) is -2.86. The number of hydrogen-bond acceptors (Lipinski definition) is 3. The van der Waals surface area contributed by atoms with Gasteiger partial charge in [-0.05, 0) is 41.0 Å². The van der Waals surface area contributed by atoms with Gasteiger partial charge in [-0.3, -0.25) is 9.79 Å². The van der Waals surface area contributed by atoms with Gasteiger partial charge in [-0.1, -0.05) is 12.1 Å². The summed E-state index contributed by atoms with van der Waals surface area (Å²) in [6, 6.07) is 8.53. The monoisotopic (exact) mass is 348 g/mol. The van der Waals surface area contributed by atoms with Gasteiger partial charge in [0.25, 0.3) is 5.91 Å². The van der Waals surface area contributed by atoms with Crippen LogP contribution in [0.1, 0.15) is 27.0 Å². The average Bonchev–Trinajstić information content (AvgIpc) is 3.07. The Morgan fingerprint density at radius 3 is 2.56 bits per heavy atom. The van der Waals surface area contributed by atoms with Crippen LogP contribution in [0.2, 0.25) is 0 Å². The molecule has 0 fully saturated rings. The fourth-order valence-electron chi connectivity index (χ4n) is 2.71. The molecule has 0 aliphatic carbocycles. The molecule has 7 heteroatoms. The van der Waals surface area contributed by atoms with Gasteiger partial charge in [0.1, 0.15) is 0 Å². The van der Waals surface area contributed by atoms with E-state index in [0.29, 0.717) is 27.8 Å². The molecular weight excluding hydrogens is 333 g/mol. The lowest BCUT2D eigenvalue weighted by Gasteiger charge is -2.14. The molecule has 0 aromatic heterocycles. The first-order chi connectivity index (χ1) is 11.9. The number of hydrogen-bond donors (Lipinski definition) is 2. The van der Waals surface area contributed by atoms with Crippen LogP contribution in [0.5, 0.6) is 0 Å². The van der Waals surface area contributed by atoms with E-state index in [1.807, 2.05) is 0 Å². The number of aliphatic imine (C=N–C) groups is 1. The number of nitrogens with zero attached hydrogens (tertiary/aromatic N) is 1. The quantitative estimate of drug-likeness (QED) is 0.892. The van der Waals surface area contributed by atoms with Gasteiger partial charge < -0.3 is 10.4 Å². The molecule has 0 radical (unpaired) electrons. The molecule has 130 valence electrons. The lowest BCUT2D eigenvalue weighted by atomic mass is 9.93. The zero-order valence-corrected chi connectivity index (χ0v) is 13.1. The van der Waals surface area contributed by atoms with Crippen LogP contribution in [0.3, 0.4) is 0 Å². The molecule has 0 unspecified atom stereocenters. The normalized spacial score (nSPS) is 13.0. The topological polar surface area (TPSA) is 61.7 Å². The largest absolute Gasteiger partial charge is 0.416 e. The molecule has 1 heterocycles. The summed E-state index contributed by atoms with van der Waals surface area (Å²) in [5, 5.41) is 11.2. The number of benzene rings is 2. The Balaban J connectivity index is 1.98. The second-order valence-electron chi connectivity index (χ2n) is 5.62. The number of halogens is 3. The van der Waals surface area contributed by atoms with Gasteiger partial charge in [-0.2, -0.15) is 13.2 Å². The van der Waals surface area contributed by atoms with E-state index in [0.717, 1.165) is 12.1 Å². The molecule has 0 atom stereocenters. The highest BCUT2D eigenvalue weighted by Crippen LogP contribution is 2.37. The van der Waals surface area contributed by atoms with Crippen molar-refractivity contribution in [3.8, 4) is 11.1 Å². The third kappa shape index (κ3) is 3.56. The first-order valence-corrected chi connectivity index (χ1v) is 7.63. The van der Waals surface area contributed by atoms with Gasteiger partial charge >= 0.3 is 6.18 Å². The van der Waals surface area contributed by atoms with Crippen LogP contribution in [-0.2, 0) is 12.7 Å². The van der Waals surface area contributed by atoms with Crippen LogP contribution in [0.15, 0.2) is 41.4 Å². The van der Waals surface area contributed by atoms with E-state index in [9.17, 15) is 18.0 Å². The van der Waals surface area contributed by atoms with Crippen LogP contribution < -0.4 is 5.32 Å². The summed E-state index contributed by atoms with van der Waals surface area (Å²) in [4.78, 5) is 15.9. The Labute approximate surface area is 142 Å². The van der Waals surface area contributed by atoms with Gasteiger partial charge in [0.05, 0.1) is 18.7 Å². The first-order valence-electron chi connectivity index (χ1n) is 7.63. The van der Waals surface area contributed by atoms with Crippen LogP contribution in [0, 0.1) is 0 Å². The van der Waals surface area contributed by atoms with E-state index in [4.69, 9.17) is 5.11 Å². The average molecular weight is 348 g/mol. The predicted octanol–water partition coefficient (Wildman–Crippen LogP) is 3.03. The molecular formula is C18H15F3N2O2. The van der Waals surface area contributed by atoms with Crippen molar-refractivity contribution in [2.75, 3.05) is 13.2 Å². The molecule has 1 amide bonds. The molecule has 25 heavy (non-hydrogen) atoms. The van der Waals surface area contributed by atoms with E-state index in [2.05, 4.69) is 10.3 Å². The summed E-state index contributed by atoms with van der Waals surface area (Å²) in [5.74, 6) is -0.351. The summed E-state index contributed by atoms with van der Waals surface area (Å²) in [5.41, 5.74) is 1.88. The standard InChI is InChI=1S/C18H15F3N2O2/c19-18(20,21)14-7-13-9-22-10-16(13)15(8-14)11-1-3-12(4-2-11)17(25)23-5-6-24/h1-4,7-8,10,24H,5-6,9H2,(H,23,25). The Morgan fingerprint density at radius 1 is 1.20 bits per heavy atom. The lowest BCUT2D eigenvalue weighted by Crippen LogP contribution is -2.26. The highest BCUT2D eigenvalue weighted by atomic mass is 19.4. The van der Waals surface area contributed by atoms with Crippen molar-refractivity contribution in [3.05, 3.63) is 58.7 Å². The van der Waals surface area contributed by atoms with E-state index in [-0.39, 0.29) is 25.6 Å². The fourth-order valence-corrected chi connectivity index (χ4v) is 2.71. The van der Waals surface area contributed by atoms with Crippen molar-refractivity contribution in [1.29, 1.82) is 0 Å². The smallest absolute Gasteiger partial charge is 0.395 e. The number of rotatable bonds is 4. The summed E-state index contributed by atoms with van der Waals surface area (Å²) < 4.78 is 39.4. The Morgan fingerprint density at radius 2 is 1.92 bits per heavy atom. The summed E-state index contributed by atoms with van der Waals surface area (Å²) >= 11 is 0. The molecule has 0 saturated carbocycles. The number of aliphatic hydroxyl groups is 1. The Hall–Kier alpha value is -2.67. The van der Waals surface area contributed by atoms with Crippen molar-refractivity contribution in [2.45, 2.75) is 12.7 Å². The van der Waals surface area contributed by atoms with Crippen molar-refractivity contribution < 1.29 is 23.1 Å². The molecule has 2 aromatic carbocycles. The Kier molecular flexibility index (Phi) is 4.59. The van der Waals surface area contributed by atoms with Gasteiger partial charge in [0.2, 0.25) is 0 Å². The van der Waals surface area contributed by atoms with Crippen LogP contribution in [0.25, 0.3) is 11.1 Å². The molecule has 0 spiro atoms. The number of aliphatic hydroxyl groups excluding tert-OH is 1. The van der Waals surface area contributed by atoms with Crippen molar-refractivity contribution in [2.24, 2.45) is 4.99 Å². The minimum Gasteiger partial charge on any atom is -0.395 e. The molecule has 0 saturated heterocycles. The zero-order valence-electron chi connectivity index (χ0n) is 13.1. The number of alkyl halides is 3. The highest BCUT2D eigenvalue weighted by molar-refractivity contribution is 5.97. The maximum atomic E-state index is 13.1. The lowest BCUT2D eigenvalue weighted by molar-refractivity contribution is -0.137. The minimum absolute atomic E-state index is 0.137. The van der Waals surface area contributed by atoms with E-state index >= 15 is 0 Å². The minimum atomic E-state index is -4.43. The number of fused-ring (bicyclic) bond motifs is 1. The van der Waals surface area contributed by atoms with Crippen LogP contribution in [-0.4, -0.2) is 30.4 Å². The van der Waals surface area contributed by atoms with Crippen molar-refractivity contribution >= 4 is 12.1 Å². The maximum Gasteiger partial charge on any atom is 0.416 e. The van der Waals surface area contributed by atoms with Gasteiger partial charge in [-0.25, -0.2) is 0 Å². The molecule has 1 aliphatic heterocycles. The second-order valence-corrected chi connectivity index (χ2v) is 5.62. The van der Waals surface area contributed by atoms with Gasteiger partial charge in [0, 0.05) is 23.9 Å². The molecule has 0 bridgehead atoms. The highest BCUT2D eigenvalue weighted by Gasteiger charge is 2.32. The number of carbonyl (C=O) groups excluding carboxylic acids is 1. The van der Waals surface area contributed by atoms with E-state index in [1.165, 1.54) is 0 Å². The third-order valence-corrected chi connectivity index (χ3v) is 3.93. The molecule has 1 aliphatic rings. The van der Waals surface area contributed by atoms with E-state index in [1.54, 1.807) is 30.5 Å². The molecule has 2 aromatic rings. The first kappa shape index (κ1) is 17.2. The summed E-state index contributed by atoms with van der Waals surface area (Å²) in [7, 11) is 0. The van der Waals surface area contributed by atoms with Crippen LogP contribution >= 0.6 is 0 Å². The zero-order chi connectivity index (χ0) is 18.0. The van der Waals surface area contributed by atoms with Gasteiger partial charge in [0.15, 0.2) is 0 Å². The SMILES string of the molecule is O=C(NCCO)c1ccc(-c2cc(C(F)(F)F)cc3c2C=NC3)cc1. The molecule has 2 N–H and O–H groups in total. The van der Waals surface area contributed by atoms with Crippen LogP contribution in [0.4, 0.5) is 13.2 Å². The van der Waals surface area contributed by atoms with Crippen molar-refractivity contribution in [1.82, 2.24) is 5.32 Å². The predicted molar refractivity (Wildman–Crippen MR) is 87.6 cm³/mol. The maximum absolute atomic E-state index is 13.1. The van der Waals surface area contributed by atoms with E-state index < -0.39 is 11.7 Å². The fraction of sp³-hybridized carbons (Fsp3) is 0.222. The Bertz CT molecular complexity index is 827. The molecule has 4 nitrogen and oxygen atoms in total. The number of carbonyl (C=O) groups is 1. The number of nitrogens with one attached hydrogen (secondary N) is 1. The number of amides is 1. The second kappa shape index (κ2) is 6.68. The molecule has 3 rings (SSSR count). The van der Waals surface area contributed by atoms with Crippen molar-refractivity contribution in [3.63, 3.8) is 0 Å².